The molecule has 1 N–H and O–H groups in total. The van der Waals surface area contributed by atoms with Crippen LogP contribution >= 0.6 is 0 Å². The summed E-state index contributed by atoms with van der Waals surface area (Å²) in [6.07, 6.45) is 21.3. The SMILES string of the molecule is CC(=O)O[C@@H]1CC(C)=C(C#CC(C)=CC=CC=CC=C(C)C=C2C=C(C=C[C@@]34O[C@]3(C)C[C@@H](O)CC4(C)C)C(=O)O2)C(C)(C)C1. The van der Waals surface area contributed by atoms with E-state index in [-0.39, 0.29) is 35.0 Å². The zero-order valence-electron chi connectivity index (χ0n) is 28.2. The first-order valence-corrected chi connectivity index (χ1v) is 15.8. The molecule has 2 aliphatic heterocycles. The van der Waals surface area contributed by atoms with Gasteiger partial charge in [-0.15, -0.1) is 0 Å². The summed E-state index contributed by atoms with van der Waals surface area (Å²) < 4.78 is 17.1. The van der Waals surface area contributed by atoms with Gasteiger partial charge in [0.1, 0.15) is 23.1 Å². The van der Waals surface area contributed by atoms with Crippen LogP contribution in [0.3, 0.4) is 0 Å². The fourth-order valence-electron chi connectivity index (χ4n) is 7.25. The summed E-state index contributed by atoms with van der Waals surface area (Å²) in [5, 5.41) is 10.3. The van der Waals surface area contributed by atoms with Crippen LogP contribution in [0.15, 0.2) is 94.4 Å². The molecule has 4 atom stereocenters. The summed E-state index contributed by atoms with van der Waals surface area (Å²) in [6, 6.07) is 0. The van der Waals surface area contributed by atoms with Crippen molar-refractivity contribution in [2.24, 2.45) is 10.8 Å². The molecule has 2 fully saturated rings. The highest BCUT2D eigenvalue weighted by atomic mass is 16.6. The van der Waals surface area contributed by atoms with Gasteiger partial charge >= 0.3 is 11.9 Å². The Balaban J connectivity index is 1.33. The van der Waals surface area contributed by atoms with E-state index in [0.29, 0.717) is 24.2 Å². The van der Waals surface area contributed by atoms with Gasteiger partial charge in [0.15, 0.2) is 0 Å². The van der Waals surface area contributed by atoms with Gasteiger partial charge in [0.2, 0.25) is 0 Å². The minimum atomic E-state index is -0.498. The van der Waals surface area contributed by atoms with Crippen LogP contribution in [0.2, 0.25) is 0 Å². The van der Waals surface area contributed by atoms with E-state index in [0.717, 1.165) is 29.6 Å². The molecule has 6 heteroatoms. The average molecular weight is 613 g/mol. The van der Waals surface area contributed by atoms with Crippen LogP contribution in [-0.4, -0.2) is 40.5 Å². The number of hydrogen-bond donors (Lipinski definition) is 1. The molecule has 4 rings (SSSR count). The van der Waals surface area contributed by atoms with Crippen LogP contribution in [-0.2, 0) is 23.8 Å². The number of aliphatic hydroxyl groups is 1. The van der Waals surface area contributed by atoms with Crippen molar-refractivity contribution in [2.45, 2.75) is 111 Å². The molecular formula is C39H48O6. The average Bonchev–Trinajstić information content (AvgIpc) is 3.37. The van der Waals surface area contributed by atoms with Crippen molar-refractivity contribution in [1.29, 1.82) is 0 Å². The number of carbonyl (C=O) groups is 2. The lowest BCUT2D eigenvalue weighted by atomic mass is 9.63. The van der Waals surface area contributed by atoms with Crippen molar-refractivity contribution in [1.82, 2.24) is 0 Å². The Kier molecular flexibility index (Phi) is 9.87. The van der Waals surface area contributed by atoms with Crippen molar-refractivity contribution in [2.75, 3.05) is 0 Å². The van der Waals surface area contributed by atoms with Gasteiger partial charge in [-0.2, -0.15) is 0 Å². The molecule has 6 nitrogen and oxygen atoms in total. The fraction of sp³-hybridized carbons (Fsp3) is 0.487. The second-order valence-corrected chi connectivity index (χ2v) is 14.3. The van der Waals surface area contributed by atoms with Crippen molar-refractivity contribution in [3.63, 3.8) is 0 Å². The maximum absolute atomic E-state index is 12.5. The first-order chi connectivity index (χ1) is 21.0. The molecule has 0 aromatic rings. The number of esters is 2. The number of hydrogen-bond acceptors (Lipinski definition) is 6. The van der Waals surface area contributed by atoms with Gasteiger partial charge in [0.25, 0.3) is 0 Å². The molecule has 240 valence electrons. The predicted octanol–water partition coefficient (Wildman–Crippen LogP) is 7.69. The third kappa shape index (κ3) is 7.77. The highest BCUT2D eigenvalue weighted by molar-refractivity contribution is 5.95. The molecule has 0 spiro atoms. The lowest BCUT2D eigenvalue weighted by Gasteiger charge is -2.39. The van der Waals surface area contributed by atoms with E-state index >= 15 is 0 Å². The van der Waals surface area contributed by atoms with Gasteiger partial charge < -0.3 is 19.3 Å². The lowest BCUT2D eigenvalue weighted by Crippen LogP contribution is -2.46. The number of cyclic esters (lactones) is 1. The maximum atomic E-state index is 12.5. The van der Waals surface area contributed by atoms with E-state index in [9.17, 15) is 14.7 Å². The Morgan fingerprint density at radius 1 is 1.02 bits per heavy atom. The summed E-state index contributed by atoms with van der Waals surface area (Å²) in [6.45, 7) is 18.0. The largest absolute Gasteiger partial charge is 0.462 e. The van der Waals surface area contributed by atoms with E-state index in [4.69, 9.17) is 14.2 Å². The third-order valence-corrected chi connectivity index (χ3v) is 9.25. The number of fused-ring (bicyclic) bond motifs is 1. The van der Waals surface area contributed by atoms with Gasteiger partial charge in [-0.1, -0.05) is 81.6 Å². The Hall–Kier alpha value is -3.66. The van der Waals surface area contributed by atoms with Crippen molar-refractivity contribution < 1.29 is 28.9 Å². The second kappa shape index (κ2) is 13.0. The Bertz CT molecular complexity index is 1540. The second-order valence-electron chi connectivity index (χ2n) is 14.3. The van der Waals surface area contributed by atoms with E-state index in [1.54, 1.807) is 12.2 Å². The predicted molar refractivity (Wildman–Crippen MR) is 177 cm³/mol. The minimum Gasteiger partial charge on any atom is -0.462 e. The van der Waals surface area contributed by atoms with Crippen LogP contribution in [0.25, 0.3) is 0 Å². The molecule has 0 amide bonds. The zero-order chi connectivity index (χ0) is 33.2. The molecule has 0 aromatic carbocycles. The van der Waals surface area contributed by atoms with Gasteiger partial charge in [-0.25, -0.2) is 4.79 Å². The van der Waals surface area contributed by atoms with Crippen LogP contribution in [0, 0.1) is 22.7 Å². The summed E-state index contributed by atoms with van der Waals surface area (Å²) >= 11 is 0. The smallest absolute Gasteiger partial charge is 0.343 e. The topological polar surface area (TPSA) is 85.4 Å². The summed E-state index contributed by atoms with van der Waals surface area (Å²) in [4.78, 5) is 23.9. The lowest BCUT2D eigenvalue weighted by molar-refractivity contribution is -0.147. The van der Waals surface area contributed by atoms with Gasteiger partial charge in [0, 0.05) is 36.2 Å². The van der Waals surface area contributed by atoms with Crippen LogP contribution in [0.4, 0.5) is 0 Å². The summed E-state index contributed by atoms with van der Waals surface area (Å²) in [5.74, 6) is 6.52. The van der Waals surface area contributed by atoms with Crippen LogP contribution < -0.4 is 0 Å². The molecule has 1 saturated carbocycles. The Morgan fingerprint density at radius 3 is 2.36 bits per heavy atom. The van der Waals surface area contributed by atoms with Crippen molar-refractivity contribution in [3.05, 3.63) is 94.4 Å². The summed E-state index contributed by atoms with van der Waals surface area (Å²) in [7, 11) is 0. The minimum absolute atomic E-state index is 0.0897. The Morgan fingerprint density at radius 2 is 1.71 bits per heavy atom. The molecule has 1 saturated heterocycles. The van der Waals surface area contributed by atoms with Gasteiger partial charge in [0.05, 0.1) is 11.7 Å². The number of aliphatic hydroxyl groups excluding tert-OH is 1. The number of epoxide rings is 1. The van der Waals surface area contributed by atoms with Crippen LogP contribution in [0.5, 0.6) is 0 Å². The molecule has 0 radical (unpaired) electrons. The first-order valence-electron chi connectivity index (χ1n) is 15.8. The normalized spacial score (nSPS) is 32.1. The van der Waals surface area contributed by atoms with Crippen LogP contribution in [0.1, 0.15) is 88.0 Å². The molecular weight excluding hydrogens is 564 g/mol. The number of allylic oxidation sites excluding steroid dienone is 11. The highest BCUT2D eigenvalue weighted by Crippen LogP contribution is 2.66. The molecule has 0 unspecified atom stereocenters. The molecule has 0 bridgehead atoms. The number of rotatable bonds is 7. The van der Waals surface area contributed by atoms with Gasteiger partial charge in [-0.05, 0) is 76.0 Å². The zero-order valence-corrected chi connectivity index (χ0v) is 28.2. The molecule has 4 aliphatic rings. The number of carbonyl (C=O) groups excluding carboxylic acids is 2. The van der Waals surface area contributed by atoms with E-state index in [1.165, 1.54) is 12.5 Å². The first kappa shape index (κ1) is 34.2. The number of ether oxygens (including phenoxy) is 3. The Labute approximate surface area is 269 Å². The quantitative estimate of drug-likeness (QED) is 0.137. The third-order valence-electron chi connectivity index (χ3n) is 9.25. The molecule has 2 aliphatic carbocycles. The monoisotopic (exact) mass is 612 g/mol. The summed E-state index contributed by atoms with van der Waals surface area (Å²) in [5.41, 5.74) is 3.36. The standard InChI is InChI=1S/C39H48O6/c1-26(16-17-34-28(3)21-33(43-29(4)40)25-36(34,5)6)14-12-10-11-13-15-27(2)20-32-22-30(35(42)44-32)18-19-39-37(7,8)23-31(41)24-38(39,9)45-39/h10-15,18-20,22,31,33,41H,21,23-25H2,1-9H3/t31-,33+,38+,39-/m0/s1. The van der Waals surface area contributed by atoms with Gasteiger partial charge in [-0.3, -0.25) is 4.79 Å². The van der Waals surface area contributed by atoms with Crippen molar-refractivity contribution >= 4 is 11.9 Å². The fourth-order valence-corrected chi connectivity index (χ4v) is 7.25. The molecule has 0 aromatic heterocycles. The highest BCUT2D eigenvalue weighted by Gasteiger charge is 2.74. The maximum Gasteiger partial charge on any atom is 0.343 e. The van der Waals surface area contributed by atoms with E-state index < -0.39 is 11.2 Å². The van der Waals surface area contributed by atoms with E-state index in [1.807, 2.05) is 69.4 Å². The van der Waals surface area contributed by atoms with Crippen molar-refractivity contribution in [3.8, 4) is 11.8 Å². The molecule has 45 heavy (non-hydrogen) atoms. The van der Waals surface area contributed by atoms with E-state index in [2.05, 4.69) is 46.5 Å². The molecule has 2 heterocycles.